The molecule has 1 atom stereocenters. The van der Waals surface area contributed by atoms with Gasteiger partial charge in [0.15, 0.2) is 6.10 Å². The van der Waals surface area contributed by atoms with E-state index in [9.17, 15) is 14.4 Å². The predicted octanol–water partition coefficient (Wildman–Crippen LogP) is 25.5. The fraction of sp³-hybridized carbons (Fsp3) is 0.882. The van der Waals surface area contributed by atoms with Crippen molar-refractivity contribution in [2.24, 2.45) is 0 Å². The Hall–Kier alpha value is -2.37. The quantitative estimate of drug-likeness (QED) is 0.0261. The number of carbonyl (C=O) groups is 3. The SMILES string of the molecule is CCCCCC/C=C\C/C=C\CCCCCCCC(=O)OCC(COC(=O)CCCCCCCCCCCCCCCCCCCCCCCCCCCCCCCCC)OC(=O)CCCCCCCCC/C=C\CCCCCCCC. The second kappa shape index (κ2) is 71.1. The zero-order valence-electron chi connectivity index (χ0n) is 55.5. The van der Waals surface area contributed by atoms with Crippen LogP contribution in [0.4, 0.5) is 0 Å². The molecule has 0 aromatic rings. The van der Waals surface area contributed by atoms with E-state index in [-0.39, 0.29) is 31.1 Å². The van der Waals surface area contributed by atoms with Crippen molar-refractivity contribution in [2.75, 3.05) is 13.2 Å². The van der Waals surface area contributed by atoms with Crippen LogP contribution in [0.5, 0.6) is 0 Å². The van der Waals surface area contributed by atoms with E-state index in [1.807, 2.05) is 0 Å². The van der Waals surface area contributed by atoms with Crippen LogP contribution in [0.3, 0.4) is 0 Å². The average Bonchev–Trinajstić information content (AvgIpc) is 3.47. The van der Waals surface area contributed by atoms with Crippen LogP contribution in [0.1, 0.15) is 412 Å². The van der Waals surface area contributed by atoms with Crippen molar-refractivity contribution < 1.29 is 28.6 Å². The highest BCUT2D eigenvalue weighted by molar-refractivity contribution is 5.71. The van der Waals surface area contributed by atoms with E-state index in [1.165, 1.54) is 295 Å². The second-order valence-electron chi connectivity index (χ2n) is 25.2. The van der Waals surface area contributed by atoms with Crippen molar-refractivity contribution in [3.63, 3.8) is 0 Å². The molecule has 0 amide bonds. The first kappa shape index (κ1) is 79.6. The minimum absolute atomic E-state index is 0.0739. The predicted molar refractivity (Wildman–Crippen MR) is 358 cm³/mol. The van der Waals surface area contributed by atoms with Gasteiger partial charge < -0.3 is 14.2 Å². The number of rotatable bonds is 69. The van der Waals surface area contributed by atoms with Crippen molar-refractivity contribution in [1.29, 1.82) is 0 Å². The van der Waals surface area contributed by atoms with Crippen LogP contribution in [0.15, 0.2) is 36.5 Å². The molecule has 482 valence electrons. The average molecular weight is 1150 g/mol. The molecule has 0 N–H and O–H groups in total. The zero-order valence-corrected chi connectivity index (χ0v) is 55.5. The van der Waals surface area contributed by atoms with E-state index in [0.29, 0.717) is 19.3 Å². The summed E-state index contributed by atoms with van der Waals surface area (Å²) in [7, 11) is 0. The fourth-order valence-corrected chi connectivity index (χ4v) is 11.3. The summed E-state index contributed by atoms with van der Waals surface area (Å²) >= 11 is 0. The molecule has 6 heteroatoms. The molecule has 0 radical (unpaired) electrons. The van der Waals surface area contributed by atoms with Gasteiger partial charge in [-0.15, -0.1) is 0 Å². The summed E-state index contributed by atoms with van der Waals surface area (Å²) in [5, 5.41) is 0. The van der Waals surface area contributed by atoms with Gasteiger partial charge in [-0.05, 0) is 77.0 Å². The van der Waals surface area contributed by atoms with Crippen molar-refractivity contribution in [1.82, 2.24) is 0 Å². The maximum absolute atomic E-state index is 12.9. The molecule has 0 fully saturated rings. The Morgan fingerprint density at radius 1 is 0.244 bits per heavy atom. The van der Waals surface area contributed by atoms with E-state index in [4.69, 9.17) is 14.2 Å². The molecule has 0 aromatic carbocycles. The molecule has 0 saturated carbocycles. The van der Waals surface area contributed by atoms with Crippen molar-refractivity contribution in [3.8, 4) is 0 Å². The van der Waals surface area contributed by atoms with E-state index >= 15 is 0 Å². The van der Waals surface area contributed by atoms with Gasteiger partial charge in [-0.3, -0.25) is 14.4 Å². The minimum atomic E-state index is -0.780. The summed E-state index contributed by atoms with van der Waals surface area (Å²) in [4.78, 5) is 38.4. The molecule has 0 aliphatic rings. The van der Waals surface area contributed by atoms with Gasteiger partial charge in [0.1, 0.15) is 13.2 Å². The van der Waals surface area contributed by atoms with E-state index < -0.39 is 6.10 Å². The van der Waals surface area contributed by atoms with Crippen LogP contribution in [0, 0.1) is 0 Å². The molecule has 0 saturated heterocycles. The molecule has 6 nitrogen and oxygen atoms in total. The number of ether oxygens (including phenoxy) is 3. The largest absolute Gasteiger partial charge is 0.462 e. The summed E-state index contributed by atoms with van der Waals surface area (Å²) in [6, 6.07) is 0. The summed E-state index contributed by atoms with van der Waals surface area (Å²) in [6.07, 6.45) is 89.1. The number of hydrogen-bond donors (Lipinski definition) is 0. The van der Waals surface area contributed by atoms with Crippen molar-refractivity contribution in [2.45, 2.75) is 419 Å². The number of carbonyl (C=O) groups excluding carboxylic acids is 3. The molecule has 0 aromatic heterocycles. The van der Waals surface area contributed by atoms with Crippen LogP contribution < -0.4 is 0 Å². The Labute approximate surface area is 512 Å². The van der Waals surface area contributed by atoms with Gasteiger partial charge in [0.2, 0.25) is 0 Å². The number of allylic oxidation sites excluding steroid dienone is 6. The molecule has 82 heavy (non-hydrogen) atoms. The van der Waals surface area contributed by atoms with Crippen LogP contribution >= 0.6 is 0 Å². The first-order chi connectivity index (χ1) is 40.5. The summed E-state index contributed by atoms with van der Waals surface area (Å²) in [6.45, 7) is 6.68. The first-order valence-corrected chi connectivity index (χ1v) is 37.0. The van der Waals surface area contributed by atoms with Gasteiger partial charge in [0.25, 0.3) is 0 Å². The van der Waals surface area contributed by atoms with Crippen molar-refractivity contribution in [3.05, 3.63) is 36.5 Å². The Morgan fingerprint density at radius 3 is 0.695 bits per heavy atom. The lowest BCUT2D eigenvalue weighted by atomic mass is 10.0. The highest BCUT2D eigenvalue weighted by atomic mass is 16.6. The fourth-order valence-electron chi connectivity index (χ4n) is 11.3. The molecule has 0 bridgehead atoms. The highest BCUT2D eigenvalue weighted by Gasteiger charge is 2.19. The Balaban J connectivity index is 4.18. The molecule has 0 rings (SSSR count). The first-order valence-electron chi connectivity index (χ1n) is 37.0. The monoisotopic (exact) mass is 1150 g/mol. The molecule has 0 heterocycles. The van der Waals surface area contributed by atoms with Gasteiger partial charge in [0, 0.05) is 19.3 Å². The number of unbranched alkanes of at least 4 members (excludes halogenated alkanes) is 52. The van der Waals surface area contributed by atoms with Gasteiger partial charge in [-0.25, -0.2) is 0 Å². The normalized spacial score (nSPS) is 12.2. The smallest absolute Gasteiger partial charge is 0.306 e. The third-order valence-electron chi connectivity index (χ3n) is 16.9. The molecule has 0 aliphatic heterocycles. The topological polar surface area (TPSA) is 78.9 Å². The standard InChI is InChI=1S/C76H142O6/c1-4-7-10-13-16-19-22-25-28-31-32-33-34-35-36-37-38-39-40-41-42-43-44-46-48-51-54-57-60-63-66-69-75(78)81-72-73(71-80-74(77)68-65-62-59-56-53-50-47-30-27-24-21-18-15-12-9-6-3)82-76(79)70-67-64-61-58-55-52-49-45-29-26-23-20-17-14-11-8-5-2/h21,24,26,29-30,47,73H,4-20,22-23,25,27-28,31-46,48-72H2,1-3H3/b24-21-,29-26-,47-30-. The Kier molecular flexibility index (Phi) is 69.1. The Morgan fingerprint density at radius 2 is 0.439 bits per heavy atom. The molecule has 0 aliphatic carbocycles. The van der Waals surface area contributed by atoms with E-state index in [2.05, 4.69) is 57.2 Å². The summed E-state index contributed by atoms with van der Waals surface area (Å²) in [5.74, 6) is -0.864. The van der Waals surface area contributed by atoms with Gasteiger partial charge in [-0.1, -0.05) is 353 Å². The van der Waals surface area contributed by atoms with Crippen LogP contribution in [-0.2, 0) is 28.6 Å². The van der Waals surface area contributed by atoms with E-state index in [1.54, 1.807) is 0 Å². The molecule has 1 unspecified atom stereocenters. The molecule has 0 spiro atoms. The lowest BCUT2D eigenvalue weighted by Gasteiger charge is -2.18. The maximum atomic E-state index is 12.9. The summed E-state index contributed by atoms with van der Waals surface area (Å²) < 4.78 is 17.0. The number of hydrogen-bond acceptors (Lipinski definition) is 6. The lowest BCUT2D eigenvalue weighted by molar-refractivity contribution is -0.167. The minimum Gasteiger partial charge on any atom is -0.462 e. The third kappa shape index (κ3) is 68.4. The number of esters is 3. The second-order valence-corrected chi connectivity index (χ2v) is 25.2. The van der Waals surface area contributed by atoms with Crippen LogP contribution in [0.2, 0.25) is 0 Å². The molecular weight excluding hydrogens is 1010 g/mol. The lowest BCUT2D eigenvalue weighted by Crippen LogP contribution is -2.30. The van der Waals surface area contributed by atoms with Gasteiger partial charge >= 0.3 is 17.9 Å². The maximum Gasteiger partial charge on any atom is 0.306 e. The zero-order chi connectivity index (χ0) is 59.2. The molecular formula is C76H142O6. The highest BCUT2D eigenvalue weighted by Crippen LogP contribution is 2.19. The van der Waals surface area contributed by atoms with Crippen LogP contribution in [-0.4, -0.2) is 37.2 Å². The third-order valence-corrected chi connectivity index (χ3v) is 16.9. The van der Waals surface area contributed by atoms with Gasteiger partial charge in [-0.2, -0.15) is 0 Å². The van der Waals surface area contributed by atoms with Crippen molar-refractivity contribution >= 4 is 17.9 Å². The Bertz CT molecular complexity index is 1370. The van der Waals surface area contributed by atoms with Crippen LogP contribution in [0.25, 0.3) is 0 Å². The van der Waals surface area contributed by atoms with E-state index in [0.717, 1.165) is 77.0 Å². The summed E-state index contributed by atoms with van der Waals surface area (Å²) in [5.41, 5.74) is 0. The van der Waals surface area contributed by atoms with Gasteiger partial charge in [0.05, 0.1) is 0 Å².